The third kappa shape index (κ3) is 4.00. The molecule has 3 aromatic rings. The highest BCUT2D eigenvalue weighted by atomic mass is 32.1. The van der Waals surface area contributed by atoms with Gasteiger partial charge in [-0.3, -0.25) is 4.79 Å². The molecule has 0 saturated heterocycles. The number of hydrogen-bond donors (Lipinski definition) is 3. The predicted molar refractivity (Wildman–Crippen MR) is 124 cm³/mol. The van der Waals surface area contributed by atoms with Gasteiger partial charge in [0.1, 0.15) is 5.75 Å². The molecular weight excluding hydrogens is 394 g/mol. The second-order valence-corrected chi connectivity index (χ2v) is 7.46. The van der Waals surface area contributed by atoms with Crippen LogP contribution in [0.15, 0.2) is 78.0 Å². The molecule has 0 aliphatic carbocycles. The molecule has 0 aromatic heterocycles. The number of ether oxygens (including phenoxy) is 1. The van der Waals surface area contributed by atoms with Crippen LogP contribution in [0.1, 0.15) is 25.5 Å². The molecule has 4 rings (SSSR count). The number of carbonyl (C=O) groups excluding carboxylic acids is 1. The van der Waals surface area contributed by atoms with Gasteiger partial charge in [0.15, 0.2) is 5.11 Å². The van der Waals surface area contributed by atoms with E-state index in [0.29, 0.717) is 23.0 Å². The van der Waals surface area contributed by atoms with Gasteiger partial charge in [-0.25, -0.2) is 0 Å². The number of thiocarbonyl (C=S) groups is 1. The minimum atomic E-state index is -0.354. The van der Waals surface area contributed by atoms with Gasteiger partial charge in [0.05, 0.1) is 18.2 Å². The Morgan fingerprint density at radius 1 is 1.07 bits per heavy atom. The fraction of sp³-hybridized carbons (Fsp3) is 0.167. The highest BCUT2D eigenvalue weighted by Gasteiger charge is 2.30. The fourth-order valence-corrected chi connectivity index (χ4v) is 4.00. The van der Waals surface area contributed by atoms with E-state index < -0.39 is 0 Å². The summed E-state index contributed by atoms with van der Waals surface area (Å²) in [4.78, 5) is 13.3. The van der Waals surface area contributed by atoms with Crippen molar-refractivity contribution >= 4 is 39.7 Å². The third-order valence-corrected chi connectivity index (χ3v) is 5.29. The van der Waals surface area contributed by atoms with Crippen molar-refractivity contribution in [2.75, 3.05) is 11.9 Å². The summed E-state index contributed by atoms with van der Waals surface area (Å²) in [5.41, 5.74) is 3.05. The van der Waals surface area contributed by atoms with Crippen LogP contribution in [0.25, 0.3) is 10.8 Å². The van der Waals surface area contributed by atoms with Crippen LogP contribution in [0, 0.1) is 0 Å². The maximum Gasteiger partial charge on any atom is 0.255 e. The maximum atomic E-state index is 13.3. The third-order valence-electron chi connectivity index (χ3n) is 5.07. The maximum absolute atomic E-state index is 13.3. The molecule has 0 radical (unpaired) electrons. The van der Waals surface area contributed by atoms with Gasteiger partial charge >= 0.3 is 0 Å². The predicted octanol–water partition coefficient (Wildman–Crippen LogP) is 4.67. The van der Waals surface area contributed by atoms with Crippen LogP contribution in [0.3, 0.4) is 0 Å². The normalized spacial score (nSPS) is 16.1. The van der Waals surface area contributed by atoms with Crippen molar-refractivity contribution in [1.82, 2.24) is 10.6 Å². The van der Waals surface area contributed by atoms with E-state index >= 15 is 0 Å². The first-order valence-corrected chi connectivity index (χ1v) is 10.3. The summed E-state index contributed by atoms with van der Waals surface area (Å²) in [7, 11) is 0. The molecule has 0 saturated carbocycles. The molecule has 1 aliphatic rings. The molecule has 0 spiro atoms. The van der Waals surface area contributed by atoms with Gasteiger partial charge in [-0.05, 0) is 66.7 Å². The molecule has 152 valence electrons. The van der Waals surface area contributed by atoms with Crippen molar-refractivity contribution in [1.29, 1.82) is 0 Å². The van der Waals surface area contributed by atoms with Crippen molar-refractivity contribution in [3.05, 3.63) is 83.6 Å². The summed E-state index contributed by atoms with van der Waals surface area (Å²) in [5, 5.41) is 12.1. The summed E-state index contributed by atoms with van der Waals surface area (Å²) in [5.74, 6) is 0.586. The van der Waals surface area contributed by atoms with Crippen molar-refractivity contribution in [3.63, 3.8) is 0 Å². The van der Waals surface area contributed by atoms with Crippen molar-refractivity contribution in [3.8, 4) is 5.75 Å². The highest BCUT2D eigenvalue weighted by Crippen LogP contribution is 2.32. The lowest BCUT2D eigenvalue weighted by molar-refractivity contribution is -0.113. The number of carbonyl (C=O) groups is 1. The topological polar surface area (TPSA) is 62.4 Å². The van der Waals surface area contributed by atoms with Crippen molar-refractivity contribution in [2.24, 2.45) is 0 Å². The van der Waals surface area contributed by atoms with E-state index in [0.717, 1.165) is 27.8 Å². The van der Waals surface area contributed by atoms with Crippen LogP contribution in [0.4, 0.5) is 5.69 Å². The largest absolute Gasteiger partial charge is 0.494 e. The van der Waals surface area contributed by atoms with Gasteiger partial charge in [-0.2, -0.15) is 0 Å². The van der Waals surface area contributed by atoms with E-state index in [4.69, 9.17) is 17.0 Å². The smallest absolute Gasteiger partial charge is 0.255 e. The summed E-state index contributed by atoms with van der Waals surface area (Å²) >= 11 is 5.39. The molecule has 1 aliphatic heterocycles. The lowest BCUT2D eigenvalue weighted by Crippen LogP contribution is -2.45. The Labute approximate surface area is 181 Å². The SMILES string of the molecule is CCOc1ccc(NC(=O)C2=C(C)NC(=S)NC2c2cccc3ccccc23)cc1. The minimum absolute atomic E-state index is 0.183. The van der Waals surface area contributed by atoms with Crippen LogP contribution < -0.4 is 20.7 Å². The molecule has 0 bridgehead atoms. The fourth-order valence-electron chi connectivity index (χ4n) is 3.73. The average molecular weight is 418 g/mol. The second-order valence-electron chi connectivity index (χ2n) is 7.05. The lowest BCUT2D eigenvalue weighted by Gasteiger charge is -2.31. The Kier molecular flexibility index (Phi) is 5.68. The number of benzene rings is 3. The first-order chi connectivity index (χ1) is 14.6. The number of nitrogens with one attached hydrogen (secondary N) is 3. The first kappa shape index (κ1) is 19.9. The first-order valence-electron chi connectivity index (χ1n) is 9.87. The summed E-state index contributed by atoms with van der Waals surface area (Å²) in [6.45, 7) is 4.41. The average Bonchev–Trinajstić information content (AvgIpc) is 2.74. The van der Waals surface area contributed by atoms with E-state index in [9.17, 15) is 4.79 Å². The number of fused-ring (bicyclic) bond motifs is 1. The number of allylic oxidation sites excluding steroid dienone is 1. The Balaban J connectivity index is 1.69. The van der Waals surface area contributed by atoms with Gasteiger partial charge < -0.3 is 20.7 Å². The Hall–Kier alpha value is -3.38. The quantitative estimate of drug-likeness (QED) is 0.527. The van der Waals surface area contributed by atoms with Gasteiger partial charge in [-0.15, -0.1) is 0 Å². The molecule has 3 N–H and O–H groups in total. The van der Waals surface area contributed by atoms with Crippen LogP contribution in [0.2, 0.25) is 0 Å². The minimum Gasteiger partial charge on any atom is -0.494 e. The summed E-state index contributed by atoms with van der Waals surface area (Å²) in [6.07, 6.45) is 0. The number of hydrogen-bond acceptors (Lipinski definition) is 3. The zero-order valence-corrected chi connectivity index (χ0v) is 17.7. The molecule has 3 aromatic carbocycles. The van der Waals surface area contributed by atoms with Gasteiger partial charge in [0.25, 0.3) is 5.91 Å². The highest BCUT2D eigenvalue weighted by molar-refractivity contribution is 7.80. The molecular formula is C24H23N3O2S. The molecule has 1 amide bonds. The van der Waals surface area contributed by atoms with E-state index in [1.165, 1.54) is 0 Å². The van der Waals surface area contributed by atoms with E-state index in [2.05, 4.69) is 34.1 Å². The van der Waals surface area contributed by atoms with Gasteiger partial charge in [0, 0.05) is 11.4 Å². The monoisotopic (exact) mass is 417 g/mol. The van der Waals surface area contributed by atoms with Crippen molar-refractivity contribution in [2.45, 2.75) is 19.9 Å². The van der Waals surface area contributed by atoms with Crippen LogP contribution >= 0.6 is 12.2 Å². The van der Waals surface area contributed by atoms with Crippen molar-refractivity contribution < 1.29 is 9.53 Å². The Bertz CT molecular complexity index is 1130. The number of amides is 1. The standard InChI is InChI=1S/C24H23N3O2S/c1-3-29-18-13-11-17(12-14-18)26-23(28)21-15(2)25-24(30)27-22(21)20-10-6-8-16-7-4-5-9-19(16)20/h4-14,22H,3H2,1-2H3,(H,26,28)(H2,25,27,30). The van der Waals surface area contributed by atoms with Crippen LogP contribution in [-0.2, 0) is 4.79 Å². The Morgan fingerprint density at radius 3 is 2.57 bits per heavy atom. The van der Waals surface area contributed by atoms with E-state index in [1.54, 1.807) is 0 Å². The van der Waals surface area contributed by atoms with Crippen LogP contribution in [0.5, 0.6) is 5.75 Å². The lowest BCUT2D eigenvalue weighted by atomic mass is 9.91. The summed E-state index contributed by atoms with van der Waals surface area (Å²) < 4.78 is 5.47. The Morgan fingerprint density at radius 2 is 1.80 bits per heavy atom. The van der Waals surface area contributed by atoms with E-state index in [1.807, 2.05) is 62.4 Å². The molecule has 5 nitrogen and oxygen atoms in total. The van der Waals surface area contributed by atoms with Gasteiger partial charge in [0.2, 0.25) is 0 Å². The summed E-state index contributed by atoms with van der Waals surface area (Å²) in [6, 6.07) is 21.2. The zero-order chi connectivity index (χ0) is 21.1. The van der Waals surface area contributed by atoms with Gasteiger partial charge in [-0.1, -0.05) is 42.5 Å². The molecule has 0 fully saturated rings. The molecule has 1 atom stereocenters. The van der Waals surface area contributed by atoms with Crippen LogP contribution in [-0.4, -0.2) is 17.6 Å². The number of anilines is 1. The molecule has 6 heteroatoms. The zero-order valence-electron chi connectivity index (χ0n) is 16.9. The molecule has 1 unspecified atom stereocenters. The second kappa shape index (κ2) is 8.55. The molecule has 30 heavy (non-hydrogen) atoms. The van der Waals surface area contributed by atoms with E-state index in [-0.39, 0.29) is 11.9 Å². The number of rotatable bonds is 5. The molecule has 1 heterocycles.